The summed E-state index contributed by atoms with van der Waals surface area (Å²) in [5, 5.41) is 4.21. The molecule has 1 heterocycles. The van der Waals surface area contributed by atoms with Crippen molar-refractivity contribution in [3.05, 3.63) is 53.3 Å². The second kappa shape index (κ2) is 4.58. The molecule has 1 aromatic heterocycles. The number of aromatic nitrogens is 2. The Morgan fingerprint density at radius 1 is 1.28 bits per heavy atom. The summed E-state index contributed by atoms with van der Waals surface area (Å²) >= 11 is 0. The number of nitrogens with two attached hydrogens (primary N) is 1. The fraction of sp³-hybridized carbons (Fsp3) is 0.400. The summed E-state index contributed by atoms with van der Waals surface area (Å²) < 4.78 is 1.86. The third kappa shape index (κ3) is 1.85. The molecule has 0 saturated heterocycles. The highest BCUT2D eigenvalue weighted by Crippen LogP contribution is 2.39. The standard InChI is InChI=1S/C15H19N3/c1-18-14(9-10-17-18)15(16)13-8-3-2-7-12(13)11-5-4-6-11/h2-3,7-11,15H,4-6,16H2,1H3. The lowest BCUT2D eigenvalue weighted by molar-refractivity contribution is 0.416. The van der Waals surface area contributed by atoms with Gasteiger partial charge in [0.25, 0.3) is 0 Å². The summed E-state index contributed by atoms with van der Waals surface area (Å²) in [7, 11) is 1.95. The molecule has 2 N–H and O–H groups in total. The Morgan fingerprint density at radius 3 is 2.67 bits per heavy atom. The molecule has 0 radical (unpaired) electrons. The van der Waals surface area contributed by atoms with Crippen LogP contribution in [0.25, 0.3) is 0 Å². The molecular weight excluding hydrogens is 222 g/mol. The maximum absolute atomic E-state index is 6.42. The number of nitrogens with zero attached hydrogens (tertiary/aromatic N) is 2. The summed E-state index contributed by atoms with van der Waals surface area (Å²) in [5.41, 5.74) is 10.2. The first-order chi connectivity index (χ1) is 8.77. The summed E-state index contributed by atoms with van der Waals surface area (Å²) in [6, 6.07) is 10.5. The lowest BCUT2D eigenvalue weighted by Crippen LogP contribution is -2.20. The minimum atomic E-state index is -0.0747. The zero-order valence-electron chi connectivity index (χ0n) is 10.7. The van der Waals surface area contributed by atoms with E-state index in [0.29, 0.717) is 5.92 Å². The van der Waals surface area contributed by atoms with Gasteiger partial charge in [-0.25, -0.2) is 0 Å². The zero-order valence-corrected chi connectivity index (χ0v) is 10.7. The summed E-state index contributed by atoms with van der Waals surface area (Å²) in [5.74, 6) is 0.709. The SMILES string of the molecule is Cn1nccc1C(N)c1ccccc1C1CCC1. The van der Waals surface area contributed by atoms with E-state index in [0.717, 1.165) is 5.69 Å². The van der Waals surface area contributed by atoms with Crippen molar-refractivity contribution in [1.29, 1.82) is 0 Å². The molecule has 0 bridgehead atoms. The van der Waals surface area contributed by atoms with Gasteiger partial charge in [-0.05, 0) is 36.0 Å². The predicted octanol–water partition coefficient (Wildman–Crippen LogP) is 2.74. The Hall–Kier alpha value is -1.61. The molecule has 0 aliphatic heterocycles. The number of rotatable bonds is 3. The number of aryl methyl sites for hydroxylation is 1. The molecule has 1 saturated carbocycles. The van der Waals surface area contributed by atoms with Crippen LogP contribution in [0.3, 0.4) is 0 Å². The average molecular weight is 241 g/mol. The minimum absolute atomic E-state index is 0.0747. The van der Waals surface area contributed by atoms with E-state index in [4.69, 9.17) is 5.73 Å². The van der Waals surface area contributed by atoms with Crippen LogP contribution in [0.5, 0.6) is 0 Å². The quantitative estimate of drug-likeness (QED) is 0.898. The number of hydrogen-bond acceptors (Lipinski definition) is 2. The molecule has 3 heteroatoms. The minimum Gasteiger partial charge on any atom is -0.319 e. The first kappa shape index (κ1) is 11.5. The van der Waals surface area contributed by atoms with Crippen molar-refractivity contribution in [2.45, 2.75) is 31.2 Å². The first-order valence-corrected chi connectivity index (χ1v) is 6.59. The van der Waals surface area contributed by atoms with Gasteiger partial charge in [0.1, 0.15) is 0 Å². The van der Waals surface area contributed by atoms with Crippen LogP contribution >= 0.6 is 0 Å². The Bertz CT molecular complexity index is 540. The summed E-state index contributed by atoms with van der Waals surface area (Å²) in [4.78, 5) is 0. The van der Waals surface area contributed by atoms with Crippen molar-refractivity contribution >= 4 is 0 Å². The van der Waals surface area contributed by atoms with E-state index in [-0.39, 0.29) is 6.04 Å². The van der Waals surface area contributed by atoms with Gasteiger partial charge in [0.05, 0.1) is 11.7 Å². The Kier molecular flexibility index (Phi) is 2.92. The van der Waals surface area contributed by atoms with Gasteiger partial charge in [-0.15, -0.1) is 0 Å². The van der Waals surface area contributed by atoms with E-state index in [2.05, 4.69) is 29.4 Å². The maximum atomic E-state index is 6.42. The third-order valence-corrected chi connectivity index (χ3v) is 4.05. The lowest BCUT2D eigenvalue weighted by Gasteiger charge is -2.29. The third-order valence-electron chi connectivity index (χ3n) is 4.05. The average Bonchev–Trinajstić information content (AvgIpc) is 2.73. The van der Waals surface area contributed by atoms with Crippen molar-refractivity contribution in [1.82, 2.24) is 9.78 Å². The molecule has 3 rings (SSSR count). The van der Waals surface area contributed by atoms with E-state index >= 15 is 0 Å². The van der Waals surface area contributed by atoms with Gasteiger partial charge in [0.15, 0.2) is 0 Å². The fourth-order valence-electron chi connectivity index (χ4n) is 2.73. The monoisotopic (exact) mass is 241 g/mol. The van der Waals surface area contributed by atoms with E-state index < -0.39 is 0 Å². The van der Waals surface area contributed by atoms with Crippen LogP contribution in [0.1, 0.15) is 48.0 Å². The van der Waals surface area contributed by atoms with Gasteiger partial charge in [-0.3, -0.25) is 4.68 Å². The fourth-order valence-corrected chi connectivity index (χ4v) is 2.73. The molecule has 1 aliphatic rings. The normalized spacial score (nSPS) is 17.4. The Labute approximate surface area is 108 Å². The molecule has 2 aromatic rings. The highest BCUT2D eigenvalue weighted by molar-refractivity contribution is 5.37. The summed E-state index contributed by atoms with van der Waals surface area (Å²) in [6.07, 6.45) is 5.76. The van der Waals surface area contributed by atoms with Gasteiger partial charge in [0.2, 0.25) is 0 Å². The molecule has 1 unspecified atom stereocenters. The van der Waals surface area contributed by atoms with Crippen LogP contribution in [-0.4, -0.2) is 9.78 Å². The van der Waals surface area contributed by atoms with Gasteiger partial charge >= 0.3 is 0 Å². The van der Waals surface area contributed by atoms with Crippen molar-refractivity contribution in [2.75, 3.05) is 0 Å². The Morgan fingerprint density at radius 2 is 2.06 bits per heavy atom. The van der Waals surface area contributed by atoms with Crippen LogP contribution < -0.4 is 5.73 Å². The van der Waals surface area contributed by atoms with Crippen molar-refractivity contribution in [3.8, 4) is 0 Å². The molecule has 18 heavy (non-hydrogen) atoms. The molecule has 0 spiro atoms. The topological polar surface area (TPSA) is 43.8 Å². The van der Waals surface area contributed by atoms with E-state index in [1.165, 1.54) is 30.4 Å². The first-order valence-electron chi connectivity index (χ1n) is 6.59. The van der Waals surface area contributed by atoms with Gasteiger partial charge < -0.3 is 5.73 Å². The van der Waals surface area contributed by atoms with Crippen molar-refractivity contribution < 1.29 is 0 Å². The number of hydrogen-bond donors (Lipinski definition) is 1. The van der Waals surface area contributed by atoms with Gasteiger partial charge in [-0.1, -0.05) is 30.7 Å². The van der Waals surface area contributed by atoms with Crippen LogP contribution in [0, 0.1) is 0 Å². The molecular formula is C15H19N3. The molecule has 1 aliphatic carbocycles. The van der Waals surface area contributed by atoms with Crippen LogP contribution in [0.15, 0.2) is 36.5 Å². The van der Waals surface area contributed by atoms with Gasteiger partial charge in [-0.2, -0.15) is 5.10 Å². The molecule has 0 amide bonds. The molecule has 1 atom stereocenters. The zero-order chi connectivity index (χ0) is 12.5. The lowest BCUT2D eigenvalue weighted by atomic mass is 9.77. The molecule has 1 aromatic carbocycles. The largest absolute Gasteiger partial charge is 0.319 e. The van der Waals surface area contributed by atoms with Crippen LogP contribution in [-0.2, 0) is 7.05 Å². The summed E-state index contributed by atoms with van der Waals surface area (Å²) in [6.45, 7) is 0. The number of benzene rings is 1. The van der Waals surface area contributed by atoms with E-state index in [1.807, 2.05) is 17.8 Å². The highest BCUT2D eigenvalue weighted by atomic mass is 15.3. The van der Waals surface area contributed by atoms with Crippen LogP contribution in [0.2, 0.25) is 0 Å². The van der Waals surface area contributed by atoms with E-state index in [1.54, 1.807) is 6.20 Å². The second-order valence-corrected chi connectivity index (χ2v) is 5.11. The van der Waals surface area contributed by atoms with Crippen molar-refractivity contribution in [3.63, 3.8) is 0 Å². The highest BCUT2D eigenvalue weighted by Gasteiger charge is 2.24. The smallest absolute Gasteiger partial charge is 0.0725 e. The molecule has 1 fully saturated rings. The van der Waals surface area contributed by atoms with E-state index in [9.17, 15) is 0 Å². The maximum Gasteiger partial charge on any atom is 0.0725 e. The predicted molar refractivity (Wildman–Crippen MR) is 72.3 cm³/mol. The second-order valence-electron chi connectivity index (χ2n) is 5.11. The van der Waals surface area contributed by atoms with Gasteiger partial charge in [0, 0.05) is 13.2 Å². The molecule has 3 nitrogen and oxygen atoms in total. The molecule has 94 valence electrons. The Balaban J connectivity index is 1.98. The van der Waals surface area contributed by atoms with Crippen molar-refractivity contribution in [2.24, 2.45) is 12.8 Å². The van der Waals surface area contributed by atoms with Crippen LogP contribution in [0.4, 0.5) is 0 Å².